The largest absolute Gasteiger partial charge is 0.487 e. The highest BCUT2D eigenvalue weighted by Gasteiger charge is 2.34. The minimum absolute atomic E-state index is 0.158. The number of halogens is 1. The third-order valence-electron chi connectivity index (χ3n) is 6.05. The number of fused-ring (bicyclic) bond motifs is 2. The summed E-state index contributed by atoms with van der Waals surface area (Å²) in [7, 11) is 0. The lowest BCUT2D eigenvalue weighted by Gasteiger charge is -2.23. The average Bonchev–Trinajstić information content (AvgIpc) is 3.44. The van der Waals surface area contributed by atoms with Crippen LogP contribution in [0.25, 0.3) is 11.3 Å². The number of likely N-dealkylation sites (tertiary alicyclic amines) is 1. The molecule has 1 atom stereocenters. The van der Waals surface area contributed by atoms with E-state index in [4.69, 9.17) is 9.47 Å². The van der Waals surface area contributed by atoms with E-state index >= 15 is 0 Å². The molecule has 1 amide bonds. The van der Waals surface area contributed by atoms with Crippen molar-refractivity contribution in [2.75, 3.05) is 18.5 Å². The monoisotopic (exact) mass is 422 g/mol. The van der Waals surface area contributed by atoms with E-state index < -0.39 is 5.82 Å². The maximum atomic E-state index is 13.8. The second-order valence-corrected chi connectivity index (χ2v) is 8.01. The molecule has 31 heavy (non-hydrogen) atoms. The van der Waals surface area contributed by atoms with Crippen LogP contribution in [0.2, 0.25) is 0 Å². The van der Waals surface area contributed by atoms with Gasteiger partial charge in [-0.1, -0.05) is 18.2 Å². The topological polar surface area (TPSA) is 67.9 Å². The Kier molecular flexibility index (Phi) is 4.98. The maximum Gasteiger partial charge on any atom is 0.323 e. The standard InChI is InChI=1S/C24H23FN2O4/c1-2-30-24(29)20-4-3-9-27(20)12-14-5-7-17-15(10-14)13-31-22(17)21-18-11-16(25)6-8-19(18)26-23(21)28/h5-8,10-11,20H,2-4,9,12-13H2,1H3,(H,26,28)/t20-/m0/s1. The Bertz CT molecular complexity index is 1110. The van der Waals surface area contributed by atoms with E-state index in [1.165, 1.54) is 12.1 Å². The number of hydrogen-bond acceptors (Lipinski definition) is 5. The fraction of sp³-hybridized carbons (Fsp3) is 0.333. The summed E-state index contributed by atoms with van der Waals surface area (Å²) in [5.74, 6) is -0.366. The van der Waals surface area contributed by atoms with E-state index in [0.717, 1.165) is 36.1 Å². The van der Waals surface area contributed by atoms with Crippen molar-refractivity contribution in [1.29, 1.82) is 0 Å². The van der Waals surface area contributed by atoms with E-state index in [0.29, 0.717) is 42.3 Å². The zero-order chi connectivity index (χ0) is 21.5. The van der Waals surface area contributed by atoms with Crippen molar-refractivity contribution >= 4 is 28.9 Å². The summed E-state index contributed by atoms with van der Waals surface area (Å²) in [5, 5.41) is 2.77. The summed E-state index contributed by atoms with van der Waals surface area (Å²) in [6, 6.07) is 10.0. The highest BCUT2D eigenvalue weighted by molar-refractivity contribution is 6.36. The molecule has 2 aromatic rings. The van der Waals surface area contributed by atoms with Gasteiger partial charge in [-0.2, -0.15) is 0 Å². The molecule has 0 bridgehead atoms. The Morgan fingerprint density at radius 2 is 2.13 bits per heavy atom. The van der Waals surface area contributed by atoms with E-state index in [2.05, 4.69) is 16.3 Å². The zero-order valence-corrected chi connectivity index (χ0v) is 17.2. The van der Waals surface area contributed by atoms with Crippen molar-refractivity contribution in [1.82, 2.24) is 4.90 Å². The number of anilines is 1. The number of esters is 1. The van der Waals surface area contributed by atoms with Gasteiger partial charge in [-0.05, 0) is 50.1 Å². The molecule has 1 saturated heterocycles. The molecule has 0 saturated carbocycles. The molecule has 1 fully saturated rings. The first-order valence-electron chi connectivity index (χ1n) is 10.6. The van der Waals surface area contributed by atoms with Crippen LogP contribution in [0.5, 0.6) is 0 Å². The van der Waals surface area contributed by atoms with Gasteiger partial charge in [0.1, 0.15) is 24.2 Å². The molecule has 0 aromatic heterocycles. The smallest absolute Gasteiger partial charge is 0.323 e. The van der Waals surface area contributed by atoms with Gasteiger partial charge in [0.15, 0.2) is 0 Å². The number of ether oxygens (including phenoxy) is 2. The molecule has 0 spiro atoms. The van der Waals surface area contributed by atoms with Crippen LogP contribution >= 0.6 is 0 Å². The summed E-state index contributed by atoms with van der Waals surface area (Å²) in [4.78, 5) is 26.9. The van der Waals surface area contributed by atoms with Crippen molar-refractivity contribution in [3.05, 3.63) is 64.5 Å². The fourth-order valence-electron chi connectivity index (χ4n) is 4.64. The first-order valence-corrected chi connectivity index (χ1v) is 10.6. The van der Waals surface area contributed by atoms with Gasteiger partial charge in [0, 0.05) is 28.9 Å². The number of nitrogens with one attached hydrogen (secondary N) is 1. The van der Waals surface area contributed by atoms with E-state index in [9.17, 15) is 14.0 Å². The van der Waals surface area contributed by atoms with Crippen LogP contribution in [0, 0.1) is 5.82 Å². The summed E-state index contributed by atoms with van der Waals surface area (Å²) in [6.07, 6.45) is 1.78. The molecule has 160 valence electrons. The average molecular weight is 422 g/mol. The first-order chi connectivity index (χ1) is 15.0. The highest BCUT2D eigenvalue weighted by atomic mass is 19.1. The van der Waals surface area contributed by atoms with Crippen LogP contribution in [-0.4, -0.2) is 36.0 Å². The van der Waals surface area contributed by atoms with Crippen molar-refractivity contribution in [3.63, 3.8) is 0 Å². The minimum Gasteiger partial charge on any atom is -0.487 e. The van der Waals surface area contributed by atoms with Gasteiger partial charge in [-0.15, -0.1) is 0 Å². The predicted molar refractivity (Wildman–Crippen MR) is 113 cm³/mol. The lowest BCUT2D eigenvalue weighted by Crippen LogP contribution is -2.36. The van der Waals surface area contributed by atoms with Gasteiger partial charge in [0.05, 0.1) is 12.2 Å². The van der Waals surface area contributed by atoms with Crippen molar-refractivity contribution < 1.29 is 23.5 Å². The number of benzene rings is 2. The summed E-state index contributed by atoms with van der Waals surface area (Å²) < 4.78 is 24.9. The summed E-state index contributed by atoms with van der Waals surface area (Å²) in [6.45, 7) is 4.06. The van der Waals surface area contributed by atoms with E-state index in [1.807, 2.05) is 19.1 Å². The Labute approximate surface area is 179 Å². The molecule has 0 unspecified atom stereocenters. The van der Waals surface area contributed by atoms with Gasteiger partial charge in [0.2, 0.25) is 0 Å². The lowest BCUT2D eigenvalue weighted by molar-refractivity contribution is -0.148. The number of amides is 1. The number of carbonyl (C=O) groups excluding carboxylic acids is 2. The molecule has 0 radical (unpaired) electrons. The van der Waals surface area contributed by atoms with Gasteiger partial charge in [-0.3, -0.25) is 14.5 Å². The number of carbonyl (C=O) groups is 2. The van der Waals surface area contributed by atoms with Gasteiger partial charge in [0.25, 0.3) is 5.91 Å². The number of rotatable bonds is 4. The van der Waals surface area contributed by atoms with Crippen LogP contribution in [0.15, 0.2) is 36.4 Å². The molecule has 6 nitrogen and oxygen atoms in total. The molecule has 3 heterocycles. The normalized spacial score (nSPS) is 22.1. The maximum absolute atomic E-state index is 13.8. The Morgan fingerprint density at radius 3 is 2.97 bits per heavy atom. The molecule has 5 rings (SSSR count). The number of nitrogens with zero attached hydrogens (tertiary/aromatic N) is 1. The van der Waals surface area contributed by atoms with E-state index in [1.54, 1.807) is 6.07 Å². The van der Waals surface area contributed by atoms with Gasteiger partial charge >= 0.3 is 5.97 Å². The summed E-state index contributed by atoms with van der Waals surface area (Å²) in [5.41, 5.74) is 4.36. The third kappa shape index (κ3) is 3.49. The molecular weight excluding hydrogens is 399 g/mol. The molecule has 1 N–H and O–H groups in total. The van der Waals surface area contributed by atoms with Gasteiger partial charge in [-0.25, -0.2) is 4.39 Å². The van der Waals surface area contributed by atoms with Gasteiger partial charge < -0.3 is 14.8 Å². The highest BCUT2D eigenvalue weighted by Crippen LogP contribution is 2.42. The Balaban J connectivity index is 1.43. The number of hydrogen-bond donors (Lipinski definition) is 1. The van der Waals surface area contributed by atoms with Crippen LogP contribution in [0.1, 0.15) is 42.0 Å². The second kappa shape index (κ2) is 7.81. The minimum atomic E-state index is -0.399. The molecule has 2 aromatic carbocycles. The van der Waals surface area contributed by atoms with Crippen LogP contribution in [-0.2, 0) is 32.2 Å². The SMILES string of the molecule is CCOC(=O)[C@@H]1CCCN1Cc1ccc2c(c1)COC2=C1C(=O)Nc2ccc(F)cc21. The molecule has 3 aliphatic heterocycles. The molecule has 7 heteroatoms. The molecule has 0 aliphatic carbocycles. The van der Waals surface area contributed by atoms with Crippen molar-refractivity contribution in [2.24, 2.45) is 0 Å². The summed E-state index contributed by atoms with van der Waals surface area (Å²) >= 11 is 0. The molecular formula is C24H23FN2O4. The second-order valence-electron chi connectivity index (χ2n) is 8.01. The predicted octanol–water partition coefficient (Wildman–Crippen LogP) is 3.70. The van der Waals surface area contributed by atoms with Crippen molar-refractivity contribution in [3.8, 4) is 0 Å². The lowest BCUT2D eigenvalue weighted by atomic mass is 9.99. The van der Waals surface area contributed by atoms with Crippen LogP contribution < -0.4 is 5.32 Å². The zero-order valence-electron chi connectivity index (χ0n) is 17.2. The fourth-order valence-corrected chi connectivity index (χ4v) is 4.64. The quantitative estimate of drug-likeness (QED) is 0.601. The Hall–Kier alpha value is -3.19. The molecule has 3 aliphatic rings. The Morgan fingerprint density at radius 1 is 1.26 bits per heavy atom. The third-order valence-corrected chi connectivity index (χ3v) is 6.05. The van der Waals surface area contributed by atoms with Crippen molar-refractivity contribution in [2.45, 2.75) is 39.0 Å². The van der Waals surface area contributed by atoms with Crippen LogP contribution in [0.3, 0.4) is 0 Å². The van der Waals surface area contributed by atoms with Crippen LogP contribution in [0.4, 0.5) is 10.1 Å². The first kappa shape index (κ1) is 19.8. The van der Waals surface area contributed by atoms with E-state index in [-0.39, 0.29) is 17.9 Å².